The molecule has 0 aliphatic rings. The van der Waals surface area contributed by atoms with E-state index in [2.05, 4.69) is 20.9 Å². The Labute approximate surface area is 277 Å². The Morgan fingerprint density at radius 3 is 2.19 bits per heavy atom. The van der Waals surface area contributed by atoms with Crippen molar-refractivity contribution >= 4 is 29.5 Å². The zero-order chi connectivity index (χ0) is 34.2. The highest BCUT2D eigenvalue weighted by Crippen LogP contribution is 2.17. The third kappa shape index (κ3) is 12.3. The number of benzene rings is 2. The van der Waals surface area contributed by atoms with Gasteiger partial charge in [-0.15, -0.1) is 0 Å². The van der Waals surface area contributed by atoms with Crippen LogP contribution in [0.2, 0.25) is 0 Å². The van der Waals surface area contributed by atoms with Gasteiger partial charge in [-0.25, -0.2) is 8.78 Å². The highest BCUT2D eigenvalue weighted by atomic mass is 32.2. The van der Waals surface area contributed by atoms with Crippen molar-refractivity contribution in [3.8, 4) is 0 Å². The summed E-state index contributed by atoms with van der Waals surface area (Å²) >= 11 is 1.46. The molecule has 13 heteroatoms. The molecule has 3 rings (SSSR count). The Bertz CT molecular complexity index is 1400. The molecule has 0 radical (unpaired) electrons. The standard InChI is InChI=1S/C34H42F2N4O6S/c1-3-4-15-47-21-29(40-33(44)24-11-8-13-37-20-24)34(45)39-28(18-22-16-25(35)19-26(36)17-22)31(42)30(41)27(12-14-46-2)38-32(43)23-9-6-5-7-10-23/h5-11,13,16-17,19-20,27-31,41-42H,3-4,12,14-15,18,21H2,1-2H3,(H,38,43)(H,39,45)(H,40,44)/t27-,28+,29-,30-,31-/m1/s1. The van der Waals surface area contributed by atoms with Gasteiger partial charge in [0.05, 0.1) is 17.6 Å². The molecule has 5 N–H and O–H groups in total. The lowest BCUT2D eigenvalue weighted by atomic mass is 9.92. The highest BCUT2D eigenvalue weighted by molar-refractivity contribution is 7.99. The van der Waals surface area contributed by atoms with E-state index in [0.717, 1.165) is 30.7 Å². The average molecular weight is 673 g/mol. The number of carbonyl (C=O) groups excluding carboxylic acids is 3. The molecule has 254 valence electrons. The molecule has 3 aromatic rings. The second kappa shape index (κ2) is 19.7. The van der Waals surface area contributed by atoms with E-state index in [-0.39, 0.29) is 36.3 Å². The van der Waals surface area contributed by atoms with Crippen LogP contribution in [0.25, 0.3) is 0 Å². The van der Waals surface area contributed by atoms with Crippen molar-refractivity contribution in [2.45, 2.75) is 62.9 Å². The van der Waals surface area contributed by atoms with Crippen LogP contribution in [0.5, 0.6) is 0 Å². The number of carbonyl (C=O) groups is 3. The third-order valence-electron chi connectivity index (χ3n) is 7.34. The van der Waals surface area contributed by atoms with Crippen LogP contribution in [-0.4, -0.2) is 88.5 Å². The summed E-state index contributed by atoms with van der Waals surface area (Å²) in [5.74, 6) is -2.51. The lowest BCUT2D eigenvalue weighted by Crippen LogP contribution is -2.59. The molecule has 0 saturated carbocycles. The van der Waals surface area contributed by atoms with Crippen LogP contribution in [0.4, 0.5) is 8.78 Å². The molecule has 47 heavy (non-hydrogen) atoms. The zero-order valence-corrected chi connectivity index (χ0v) is 27.2. The van der Waals surface area contributed by atoms with Gasteiger partial charge < -0.3 is 30.9 Å². The summed E-state index contributed by atoms with van der Waals surface area (Å²) < 4.78 is 33.5. The van der Waals surface area contributed by atoms with Gasteiger partial charge >= 0.3 is 0 Å². The van der Waals surface area contributed by atoms with E-state index in [1.807, 2.05) is 6.92 Å². The Hall–Kier alpha value is -3.91. The number of hydrogen-bond donors (Lipinski definition) is 5. The number of methoxy groups -OCH3 is 1. The molecule has 1 heterocycles. The number of aliphatic hydroxyl groups excluding tert-OH is 2. The van der Waals surface area contributed by atoms with Crippen LogP contribution < -0.4 is 16.0 Å². The number of halogens is 2. The van der Waals surface area contributed by atoms with E-state index >= 15 is 0 Å². The van der Waals surface area contributed by atoms with Gasteiger partial charge in [-0.2, -0.15) is 11.8 Å². The van der Waals surface area contributed by atoms with E-state index < -0.39 is 59.7 Å². The number of nitrogens with zero attached hydrogens (tertiary/aromatic N) is 1. The number of nitrogens with one attached hydrogen (secondary N) is 3. The summed E-state index contributed by atoms with van der Waals surface area (Å²) in [4.78, 5) is 43.7. The normalized spacial score (nSPS) is 14.3. The van der Waals surface area contributed by atoms with Crippen molar-refractivity contribution in [3.63, 3.8) is 0 Å². The van der Waals surface area contributed by atoms with Crippen molar-refractivity contribution in [2.24, 2.45) is 0 Å². The predicted molar refractivity (Wildman–Crippen MR) is 176 cm³/mol. The summed E-state index contributed by atoms with van der Waals surface area (Å²) in [5, 5.41) is 31.1. The molecule has 10 nitrogen and oxygen atoms in total. The number of hydrogen-bond acceptors (Lipinski definition) is 8. The maximum atomic E-state index is 14.2. The molecule has 5 atom stereocenters. The van der Waals surface area contributed by atoms with Gasteiger partial charge in [0.2, 0.25) is 5.91 Å². The molecule has 0 saturated heterocycles. The Morgan fingerprint density at radius 2 is 1.55 bits per heavy atom. The third-order valence-corrected chi connectivity index (χ3v) is 8.48. The van der Waals surface area contributed by atoms with Gasteiger partial charge in [0, 0.05) is 43.5 Å². The summed E-state index contributed by atoms with van der Waals surface area (Å²) in [6, 6.07) is 10.8. The van der Waals surface area contributed by atoms with E-state index in [9.17, 15) is 33.4 Å². The van der Waals surface area contributed by atoms with Gasteiger partial charge in [-0.05, 0) is 67.0 Å². The van der Waals surface area contributed by atoms with E-state index in [4.69, 9.17) is 4.74 Å². The second-order valence-electron chi connectivity index (χ2n) is 11.0. The molecular weight excluding hydrogens is 630 g/mol. The maximum absolute atomic E-state index is 14.2. The van der Waals surface area contributed by atoms with Gasteiger partial charge in [0.1, 0.15) is 29.9 Å². The number of aliphatic hydroxyl groups is 2. The van der Waals surface area contributed by atoms with Crippen LogP contribution in [0, 0.1) is 11.6 Å². The minimum Gasteiger partial charge on any atom is -0.388 e. The Kier molecular flexibility index (Phi) is 15.7. The van der Waals surface area contributed by atoms with Crippen LogP contribution >= 0.6 is 11.8 Å². The molecule has 0 spiro atoms. The lowest BCUT2D eigenvalue weighted by Gasteiger charge is -2.33. The number of pyridine rings is 1. The molecule has 0 bridgehead atoms. The average Bonchev–Trinajstić information content (AvgIpc) is 3.07. The van der Waals surface area contributed by atoms with Crippen molar-refractivity contribution in [2.75, 3.05) is 25.2 Å². The monoisotopic (exact) mass is 672 g/mol. The summed E-state index contributed by atoms with van der Waals surface area (Å²) in [5.41, 5.74) is 0.666. The Balaban J connectivity index is 1.89. The van der Waals surface area contributed by atoms with Crippen LogP contribution in [0.3, 0.4) is 0 Å². The fourth-order valence-electron chi connectivity index (χ4n) is 4.78. The Morgan fingerprint density at radius 1 is 0.894 bits per heavy atom. The first-order chi connectivity index (χ1) is 22.6. The smallest absolute Gasteiger partial charge is 0.253 e. The molecule has 0 aliphatic carbocycles. The summed E-state index contributed by atoms with van der Waals surface area (Å²) in [7, 11) is 1.44. The molecule has 3 amide bonds. The molecule has 0 unspecified atom stereocenters. The quantitative estimate of drug-likeness (QED) is 0.122. The number of rotatable bonds is 19. The zero-order valence-electron chi connectivity index (χ0n) is 26.4. The predicted octanol–water partition coefficient (Wildman–Crippen LogP) is 3.28. The van der Waals surface area contributed by atoms with Crippen molar-refractivity contribution < 1.29 is 38.1 Å². The number of ether oxygens (including phenoxy) is 1. The van der Waals surface area contributed by atoms with Crippen LogP contribution in [-0.2, 0) is 16.0 Å². The van der Waals surface area contributed by atoms with E-state index in [1.165, 1.54) is 31.3 Å². The number of thioether (sulfide) groups is 1. The number of amides is 3. The topological polar surface area (TPSA) is 150 Å². The fourth-order valence-corrected chi connectivity index (χ4v) is 5.91. The van der Waals surface area contributed by atoms with Crippen molar-refractivity contribution in [3.05, 3.63) is 101 Å². The SMILES string of the molecule is CCCCSC[C@@H](NC(=O)c1cccnc1)C(=O)N[C@@H](Cc1cc(F)cc(F)c1)[C@@H](O)[C@H](O)[C@@H](CCOC)NC(=O)c1ccccc1. The first-order valence-corrected chi connectivity index (χ1v) is 16.5. The van der Waals surface area contributed by atoms with E-state index in [1.54, 1.807) is 42.5 Å². The highest BCUT2D eigenvalue weighted by Gasteiger charge is 2.36. The summed E-state index contributed by atoms with van der Waals surface area (Å²) in [6.45, 7) is 2.15. The van der Waals surface area contributed by atoms with Gasteiger partial charge in [0.15, 0.2) is 0 Å². The second-order valence-corrected chi connectivity index (χ2v) is 12.2. The van der Waals surface area contributed by atoms with E-state index in [0.29, 0.717) is 11.6 Å². The summed E-state index contributed by atoms with van der Waals surface area (Å²) in [6.07, 6.45) is 1.14. The molecular formula is C34H42F2N4O6S. The first-order valence-electron chi connectivity index (χ1n) is 15.4. The largest absolute Gasteiger partial charge is 0.388 e. The molecule has 0 fully saturated rings. The molecule has 1 aromatic heterocycles. The fraction of sp³-hybridized carbons (Fsp3) is 0.412. The van der Waals surface area contributed by atoms with Crippen LogP contribution in [0.1, 0.15) is 52.5 Å². The minimum absolute atomic E-state index is 0.0976. The first kappa shape index (κ1) is 37.5. The number of aromatic nitrogens is 1. The van der Waals surface area contributed by atoms with Crippen molar-refractivity contribution in [1.82, 2.24) is 20.9 Å². The van der Waals surface area contributed by atoms with Gasteiger partial charge in [-0.1, -0.05) is 31.5 Å². The molecule has 0 aliphatic heterocycles. The minimum atomic E-state index is -1.73. The van der Waals surface area contributed by atoms with Gasteiger partial charge in [-0.3, -0.25) is 19.4 Å². The maximum Gasteiger partial charge on any atom is 0.253 e. The number of unbranched alkanes of at least 4 members (excludes halogenated alkanes) is 1. The lowest BCUT2D eigenvalue weighted by molar-refractivity contribution is -0.125. The van der Waals surface area contributed by atoms with Gasteiger partial charge in [0.25, 0.3) is 11.8 Å². The van der Waals surface area contributed by atoms with Crippen molar-refractivity contribution in [1.29, 1.82) is 0 Å². The van der Waals surface area contributed by atoms with Crippen LogP contribution in [0.15, 0.2) is 73.1 Å². The molecule has 2 aromatic carbocycles.